The molecule has 1 aliphatic rings. The molecule has 0 aromatic rings. The third kappa shape index (κ3) is 2.80. The van der Waals surface area contributed by atoms with Crippen molar-refractivity contribution < 1.29 is 9.47 Å². The molecule has 1 fully saturated rings. The summed E-state index contributed by atoms with van der Waals surface area (Å²) >= 11 is 0. The van der Waals surface area contributed by atoms with Gasteiger partial charge in [-0.2, -0.15) is 0 Å². The summed E-state index contributed by atoms with van der Waals surface area (Å²) < 4.78 is 10.4. The molecule has 14 heavy (non-hydrogen) atoms. The van der Waals surface area contributed by atoms with Crippen LogP contribution in [0.1, 0.15) is 13.8 Å². The van der Waals surface area contributed by atoms with Gasteiger partial charge in [-0.25, -0.2) is 0 Å². The lowest BCUT2D eigenvalue weighted by molar-refractivity contribution is -0.168. The molecule has 0 amide bonds. The summed E-state index contributed by atoms with van der Waals surface area (Å²) in [5.74, 6) is 0.537. The van der Waals surface area contributed by atoms with E-state index in [1.165, 1.54) is 5.57 Å². The van der Waals surface area contributed by atoms with Gasteiger partial charge in [-0.3, -0.25) is 4.90 Å². The van der Waals surface area contributed by atoms with Crippen LogP contribution in [0.4, 0.5) is 0 Å². The van der Waals surface area contributed by atoms with Gasteiger partial charge < -0.3 is 9.47 Å². The minimum Gasteiger partial charge on any atom is -0.356 e. The normalized spacial score (nSPS) is 20.2. The quantitative estimate of drug-likeness (QED) is 0.495. The molecule has 0 aromatic heterocycles. The number of ether oxygens (including phenoxy) is 2. The highest BCUT2D eigenvalue weighted by Gasteiger charge is 2.33. The van der Waals surface area contributed by atoms with Crippen LogP contribution < -0.4 is 0 Å². The first kappa shape index (κ1) is 11.7. The standard InChI is InChI=1S/C11H21NO2/c1-5-9(2)6-12-7-10(8-12)11(13-3)14-4/h5,10-11H,6-8H2,1-4H3/b9-5+. The molecule has 82 valence electrons. The molecule has 1 aliphatic heterocycles. The molecule has 1 heterocycles. The highest BCUT2D eigenvalue weighted by molar-refractivity contribution is 5.01. The third-order valence-electron chi connectivity index (χ3n) is 2.80. The molecule has 0 radical (unpaired) electrons. The molecule has 1 saturated heterocycles. The highest BCUT2D eigenvalue weighted by atomic mass is 16.7. The second kappa shape index (κ2) is 5.49. The summed E-state index contributed by atoms with van der Waals surface area (Å²) in [6, 6.07) is 0. The van der Waals surface area contributed by atoms with E-state index >= 15 is 0 Å². The van der Waals surface area contributed by atoms with Crippen molar-refractivity contribution in [1.29, 1.82) is 0 Å². The molecule has 3 heteroatoms. The van der Waals surface area contributed by atoms with E-state index < -0.39 is 0 Å². The summed E-state index contributed by atoms with van der Waals surface area (Å²) in [5, 5.41) is 0. The predicted molar refractivity (Wildman–Crippen MR) is 57.2 cm³/mol. The fraction of sp³-hybridized carbons (Fsp3) is 0.818. The van der Waals surface area contributed by atoms with Gasteiger partial charge in [0, 0.05) is 39.8 Å². The van der Waals surface area contributed by atoms with E-state index in [1.807, 2.05) is 0 Å². The van der Waals surface area contributed by atoms with Crippen LogP contribution in [0, 0.1) is 5.92 Å². The smallest absolute Gasteiger partial charge is 0.162 e. The van der Waals surface area contributed by atoms with Crippen molar-refractivity contribution in [3.63, 3.8) is 0 Å². The fourth-order valence-corrected chi connectivity index (χ4v) is 1.84. The minimum atomic E-state index is -0.0304. The lowest BCUT2D eigenvalue weighted by atomic mass is 9.98. The average molecular weight is 199 g/mol. The molecule has 0 aliphatic carbocycles. The van der Waals surface area contributed by atoms with Gasteiger partial charge in [0.05, 0.1) is 0 Å². The maximum Gasteiger partial charge on any atom is 0.162 e. The van der Waals surface area contributed by atoms with Gasteiger partial charge in [-0.1, -0.05) is 11.6 Å². The Balaban J connectivity index is 2.22. The molecule has 0 spiro atoms. The topological polar surface area (TPSA) is 21.7 Å². The largest absolute Gasteiger partial charge is 0.356 e. The maximum atomic E-state index is 5.22. The molecule has 0 bridgehead atoms. The summed E-state index contributed by atoms with van der Waals surface area (Å²) in [5.41, 5.74) is 1.43. The first-order valence-corrected chi connectivity index (χ1v) is 5.11. The summed E-state index contributed by atoms with van der Waals surface area (Å²) in [7, 11) is 3.40. The summed E-state index contributed by atoms with van der Waals surface area (Å²) in [6.45, 7) is 7.49. The van der Waals surface area contributed by atoms with E-state index in [0.29, 0.717) is 5.92 Å². The molecule has 0 unspecified atom stereocenters. The van der Waals surface area contributed by atoms with E-state index in [-0.39, 0.29) is 6.29 Å². The molecule has 0 N–H and O–H groups in total. The maximum absolute atomic E-state index is 5.22. The summed E-state index contributed by atoms with van der Waals surface area (Å²) in [4.78, 5) is 2.41. The van der Waals surface area contributed by atoms with Crippen LogP contribution in [-0.2, 0) is 9.47 Å². The molecule has 0 atom stereocenters. The van der Waals surface area contributed by atoms with Crippen LogP contribution in [0.3, 0.4) is 0 Å². The number of hydrogen-bond donors (Lipinski definition) is 0. The lowest BCUT2D eigenvalue weighted by Crippen LogP contribution is -2.53. The van der Waals surface area contributed by atoms with Gasteiger partial charge >= 0.3 is 0 Å². The van der Waals surface area contributed by atoms with Crippen molar-refractivity contribution in [2.24, 2.45) is 5.92 Å². The van der Waals surface area contributed by atoms with Gasteiger partial charge in [0.1, 0.15) is 0 Å². The zero-order valence-corrected chi connectivity index (χ0v) is 9.62. The number of likely N-dealkylation sites (tertiary alicyclic amines) is 1. The number of rotatable bonds is 5. The second-order valence-electron chi connectivity index (χ2n) is 3.93. The first-order chi connectivity index (χ1) is 6.71. The van der Waals surface area contributed by atoms with E-state index in [1.54, 1.807) is 14.2 Å². The molecular formula is C11H21NO2. The Morgan fingerprint density at radius 3 is 2.43 bits per heavy atom. The molecular weight excluding hydrogens is 178 g/mol. The van der Waals surface area contributed by atoms with Crippen LogP contribution in [-0.4, -0.2) is 45.0 Å². The van der Waals surface area contributed by atoms with E-state index in [2.05, 4.69) is 24.8 Å². The van der Waals surface area contributed by atoms with Crippen molar-refractivity contribution >= 4 is 0 Å². The van der Waals surface area contributed by atoms with Gasteiger partial charge in [0.25, 0.3) is 0 Å². The fourth-order valence-electron chi connectivity index (χ4n) is 1.84. The Bertz CT molecular complexity index is 193. The summed E-state index contributed by atoms with van der Waals surface area (Å²) in [6.07, 6.45) is 2.13. The minimum absolute atomic E-state index is 0.0304. The number of methoxy groups -OCH3 is 2. The second-order valence-corrected chi connectivity index (χ2v) is 3.93. The monoisotopic (exact) mass is 199 g/mol. The third-order valence-corrected chi connectivity index (χ3v) is 2.80. The Labute approximate surface area is 86.7 Å². The molecule has 3 nitrogen and oxygen atoms in total. The van der Waals surface area contributed by atoms with E-state index in [0.717, 1.165) is 19.6 Å². The van der Waals surface area contributed by atoms with Gasteiger partial charge in [0.2, 0.25) is 0 Å². The zero-order valence-electron chi connectivity index (χ0n) is 9.62. The van der Waals surface area contributed by atoms with Crippen molar-refractivity contribution in [2.75, 3.05) is 33.9 Å². The first-order valence-electron chi connectivity index (χ1n) is 5.11. The average Bonchev–Trinajstić information content (AvgIpc) is 2.15. The van der Waals surface area contributed by atoms with Crippen molar-refractivity contribution in [1.82, 2.24) is 4.90 Å². The van der Waals surface area contributed by atoms with Crippen molar-refractivity contribution in [3.8, 4) is 0 Å². The predicted octanol–water partition coefficient (Wildman–Crippen LogP) is 1.50. The lowest BCUT2D eigenvalue weighted by Gasteiger charge is -2.42. The zero-order chi connectivity index (χ0) is 10.6. The number of hydrogen-bond acceptors (Lipinski definition) is 3. The Kier molecular flexibility index (Phi) is 4.58. The van der Waals surface area contributed by atoms with Gasteiger partial charge in [0.15, 0.2) is 6.29 Å². The molecule has 1 rings (SSSR count). The number of allylic oxidation sites excluding steroid dienone is 1. The van der Waals surface area contributed by atoms with Crippen LogP contribution >= 0.6 is 0 Å². The van der Waals surface area contributed by atoms with Gasteiger partial charge in [-0.15, -0.1) is 0 Å². The van der Waals surface area contributed by atoms with Crippen LogP contribution in [0.25, 0.3) is 0 Å². The highest BCUT2D eigenvalue weighted by Crippen LogP contribution is 2.22. The van der Waals surface area contributed by atoms with Crippen LogP contribution in [0.5, 0.6) is 0 Å². The molecule has 0 aromatic carbocycles. The van der Waals surface area contributed by atoms with Gasteiger partial charge in [-0.05, 0) is 13.8 Å². The van der Waals surface area contributed by atoms with Crippen molar-refractivity contribution in [2.45, 2.75) is 20.1 Å². The Morgan fingerprint density at radius 1 is 1.43 bits per heavy atom. The Morgan fingerprint density at radius 2 is 2.00 bits per heavy atom. The number of nitrogens with zero attached hydrogens (tertiary/aromatic N) is 1. The van der Waals surface area contributed by atoms with Crippen LogP contribution in [0.2, 0.25) is 0 Å². The van der Waals surface area contributed by atoms with Crippen molar-refractivity contribution in [3.05, 3.63) is 11.6 Å². The van der Waals surface area contributed by atoms with Crippen LogP contribution in [0.15, 0.2) is 11.6 Å². The Hall–Kier alpha value is -0.380. The van der Waals surface area contributed by atoms with E-state index in [4.69, 9.17) is 9.47 Å². The SMILES string of the molecule is C/C=C(\C)CN1CC(C(OC)OC)C1. The van der Waals surface area contributed by atoms with E-state index in [9.17, 15) is 0 Å². The molecule has 0 saturated carbocycles.